The molecule has 0 aliphatic rings. The van der Waals surface area contributed by atoms with Crippen LogP contribution in [0.1, 0.15) is 30.9 Å². The van der Waals surface area contributed by atoms with E-state index >= 15 is 0 Å². The smallest absolute Gasteiger partial charge is 0.0661 e. The highest BCUT2D eigenvalue weighted by Gasteiger charge is 2.18. The van der Waals surface area contributed by atoms with Gasteiger partial charge in [-0.3, -0.25) is 4.99 Å². The first-order chi connectivity index (χ1) is 15.4. The van der Waals surface area contributed by atoms with Gasteiger partial charge in [-0.15, -0.1) is 0 Å². The SMILES string of the molecule is CCCCc1ccccc1N=Cc1ccccc1P(c1ccccc1)c1ccccc1. The number of rotatable bonds is 8. The van der Waals surface area contributed by atoms with E-state index in [1.165, 1.54) is 39.9 Å². The van der Waals surface area contributed by atoms with E-state index in [0.717, 1.165) is 12.1 Å². The maximum atomic E-state index is 4.95. The Hall–Kier alpha value is -3.02. The standard InChI is InChI=1S/C29H28NP/c1-2-3-14-24-15-10-12-21-28(24)30-23-25-16-11-13-22-29(25)31(26-17-6-4-7-18-26)27-19-8-5-9-20-27/h4-13,15-23H,2-3,14H2,1H3. The van der Waals surface area contributed by atoms with E-state index < -0.39 is 7.92 Å². The molecule has 0 N–H and O–H groups in total. The number of aliphatic imine (C=N–C) groups is 1. The number of hydrogen-bond donors (Lipinski definition) is 0. The van der Waals surface area contributed by atoms with E-state index in [1.54, 1.807) is 0 Å². The fourth-order valence-electron chi connectivity index (χ4n) is 3.74. The molecule has 0 heterocycles. The molecule has 0 saturated heterocycles. The minimum atomic E-state index is -0.656. The van der Waals surface area contributed by atoms with Gasteiger partial charge in [0.25, 0.3) is 0 Å². The van der Waals surface area contributed by atoms with E-state index in [1.807, 2.05) is 0 Å². The second kappa shape index (κ2) is 10.8. The lowest BCUT2D eigenvalue weighted by Gasteiger charge is -2.21. The number of aryl methyl sites for hydroxylation is 1. The van der Waals surface area contributed by atoms with Crippen LogP contribution in [0.3, 0.4) is 0 Å². The molecule has 154 valence electrons. The minimum absolute atomic E-state index is 0.656. The molecule has 0 bridgehead atoms. The normalized spacial score (nSPS) is 11.3. The Bertz CT molecular complexity index is 1080. The third kappa shape index (κ3) is 5.37. The van der Waals surface area contributed by atoms with Crippen molar-refractivity contribution in [2.45, 2.75) is 26.2 Å². The summed E-state index contributed by atoms with van der Waals surface area (Å²) in [6.07, 6.45) is 5.52. The zero-order valence-electron chi connectivity index (χ0n) is 18.0. The van der Waals surface area contributed by atoms with Crippen molar-refractivity contribution in [2.75, 3.05) is 0 Å². The summed E-state index contributed by atoms with van der Waals surface area (Å²) in [5.41, 5.74) is 3.59. The first-order valence-corrected chi connectivity index (χ1v) is 12.3. The Morgan fingerprint density at radius 2 is 1.26 bits per heavy atom. The highest BCUT2D eigenvalue weighted by Crippen LogP contribution is 2.33. The van der Waals surface area contributed by atoms with Crippen molar-refractivity contribution < 1.29 is 0 Å². The summed E-state index contributed by atoms with van der Waals surface area (Å²) in [7, 11) is -0.656. The molecule has 0 unspecified atom stereocenters. The fraction of sp³-hybridized carbons (Fsp3) is 0.138. The monoisotopic (exact) mass is 421 g/mol. The third-order valence-corrected chi connectivity index (χ3v) is 7.86. The number of nitrogens with zero attached hydrogens (tertiary/aromatic N) is 1. The number of hydrogen-bond acceptors (Lipinski definition) is 1. The minimum Gasteiger partial charge on any atom is -0.256 e. The summed E-state index contributed by atoms with van der Waals surface area (Å²) in [6, 6.07) is 38.9. The molecule has 4 aromatic rings. The summed E-state index contributed by atoms with van der Waals surface area (Å²) in [5.74, 6) is 0. The molecule has 4 aromatic carbocycles. The topological polar surface area (TPSA) is 12.4 Å². The van der Waals surface area contributed by atoms with Crippen molar-refractivity contribution in [1.82, 2.24) is 0 Å². The molecule has 0 aromatic heterocycles. The van der Waals surface area contributed by atoms with Crippen LogP contribution in [-0.4, -0.2) is 6.21 Å². The fourth-order valence-corrected chi connectivity index (χ4v) is 6.16. The van der Waals surface area contributed by atoms with Gasteiger partial charge in [0.05, 0.1) is 5.69 Å². The molecule has 0 aliphatic heterocycles. The van der Waals surface area contributed by atoms with Crippen LogP contribution in [0.4, 0.5) is 5.69 Å². The van der Waals surface area contributed by atoms with Gasteiger partial charge >= 0.3 is 0 Å². The predicted molar refractivity (Wildman–Crippen MR) is 137 cm³/mol. The molecule has 0 spiro atoms. The Morgan fingerprint density at radius 3 is 1.94 bits per heavy atom. The van der Waals surface area contributed by atoms with Crippen molar-refractivity contribution in [3.05, 3.63) is 120 Å². The van der Waals surface area contributed by atoms with Crippen LogP contribution in [0.2, 0.25) is 0 Å². The molecular weight excluding hydrogens is 393 g/mol. The first kappa shape index (κ1) is 21.2. The van der Waals surface area contributed by atoms with Crippen LogP contribution in [0.5, 0.6) is 0 Å². The van der Waals surface area contributed by atoms with Crippen LogP contribution in [0, 0.1) is 0 Å². The molecule has 4 rings (SSSR count). The molecule has 0 fully saturated rings. The number of para-hydroxylation sites is 1. The summed E-state index contributed by atoms with van der Waals surface area (Å²) >= 11 is 0. The maximum absolute atomic E-state index is 4.95. The summed E-state index contributed by atoms with van der Waals surface area (Å²) < 4.78 is 0. The Morgan fingerprint density at radius 1 is 0.677 bits per heavy atom. The van der Waals surface area contributed by atoms with Crippen LogP contribution >= 0.6 is 7.92 Å². The van der Waals surface area contributed by atoms with Gasteiger partial charge in [-0.25, -0.2) is 0 Å². The molecular formula is C29H28NP. The number of unbranched alkanes of at least 4 members (excludes halogenated alkanes) is 1. The van der Waals surface area contributed by atoms with Gasteiger partial charge in [-0.05, 0) is 48.3 Å². The molecule has 0 amide bonds. The van der Waals surface area contributed by atoms with Gasteiger partial charge in [-0.1, -0.05) is 116 Å². The average Bonchev–Trinajstić information content (AvgIpc) is 2.84. The molecule has 31 heavy (non-hydrogen) atoms. The summed E-state index contributed by atoms with van der Waals surface area (Å²) in [5, 5.41) is 4.05. The van der Waals surface area contributed by atoms with Crippen LogP contribution in [-0.2, 0) is 6.42 Å². The van der Waals surface area contributed by atoms with Crippen molar-refractivity contribution in [1.29, 1.82) is 0 Å². The first-order valence-electron chi connectivity index (χ1n) is 11.0. The van der Waals surface area contributed by atoms with Gasteiger partial charge in [0.15, 0.2) is 0 Å². The van der Waals surface area contributed by atoms with Crippen molar-refractivity contribution in [3.63, 3.8) is 0 Å². The van der Waals surface area contributed by atoms with E-state index in [0.29, 0.717) is 0 Å². The summed E-state index contributed by atoms with van der Waals surface area (Å²) in [6.45, 7) is 2.23. The highest BCUT2D eigenvalue weighted by molar-refractivity contribution is 7.80. The molecule has 2 heteroatoms. The molecule has 0 saturated carbocycles. The largest absolute Gasteiger partial charge is 0.256 e. The molecule has 1 nitrogen and oxygen atoms in total. The Labute approximate surface area is 187 Å². The lowest BCUT2D eigenvalue weighted by Crippen LogP contribution is -2.23. The van der Waals surface area contributed by atoms with E-state index in [2.05, 4.69) is 122 Å². The van der Waals surface area contributed by atoms with E-state index in [-0.39, 0.29) is 0 Å². The maximum Gasteiger partial charge on any atom is 0.0661 e. The lowest BCUT2D eigenvalue weighted by molar-refractivity contribution is 0.795. The Balaban J connectivity index is 1.75. The van der Waals surface area contributed by atoms with Gasteiger partial charge in [0.2, 0.25) is 0 Å². The molecule has 0 radical (unpaired) electrons. The number of benzene rings is 4. The van der Waals surface area contributed by atoms with Gasteiger partial charge in [-0.2, -0.15) is 0 Å². The Kier molecular flexibility index (Phi) is 7.42. The van der Waals surface area contributed by atoms with Crippen LogP contribution < -0.4 is 15.9 Å². The van der Waals surface area contributed by atoms with E-state index in [9.17, 15) is 0 Å². The van der Waals surface area contributed by atoms with Gasteiger partial charge < -0.3 is 0 Å². The average molecular weight is 422 g/mol. The van der Waals surface area contributed by atoms with Gasteiger partial charge in [0.1, 0.15) is 0 Å². The zero-order chi connectivity index (χ0) is 21.3. The van der Waals surface area contributed by atoms with Crippen LogP contribution in [0.15, 0.2) is 114 Å². The second-order valence-electron chi connectivity index (χ2n) is 7.56. The second-order valence-corrected chi connectivity index (χ2v) is 9.74. The quantitative estimate of drug-likeness (QED) is 0.226. The summed E-state index contributed by atoms with van der Waals surface area (Å²) in [4.78, 5) is 4.95. The van der Waals surface area contributed by atoms with E-state index in [4.69, 9.17) is 4.99 Å². The third-order valence-electron chi connectivity index (χ3n) is 5.34. The highest BCUT2D eigenvalue weighted by atomic mass is 31.1. The van der Waals surface area contributed by atoms with Crippen molar-refractivity contribution in [2.24, 2.45) is 4.99 Å². The molecule has 0 aliphatic carbocycles. The molecule has 0 atom stereocenters. The van der Waals surface area contributed by atoms with Crippen molar-refractivity contribution >= 4 is 35.7 Å². The van der Waals surface area contributed by atoms with Gasteiger partial charge in [0, 0.05) is 11.8 Å². The predicted octanol–water partition coefficient (Wildman–Crippen LogP) is 6.54. The van der Waals surface area contributed by atoms with Crippen molar-refractivity contribution in [3.8, 4) is 0 Å². The zero-order valence-corrected chi connectivity index (χ0v) is 18.9. The van der Waals surface area contributed by atoms with Crippen LogP contribution in [0.25, 0.3) is 0 Å². The lowest BCUT2D eigenvalue weighted by atomic mass is 10.1.